The van der Waals surface area contributed by atoms with Crippen LogP contribution in [0.3, 0.4) is 0 Å². The lowest BCUT2D eigenvalue weighted by Crippen LogP contribution is -2.29. The molecule has 0 aliphatic carbocycles. The molecule has 0 saturated carbocycles. The van der Waals surface area contributed by atoms with Crippen molar-refractivity contribution >= 4 is 17.5 Å². The van der Waals surface area contributed by atoms with Crippen LogP contribution in [-0.2, 0) is 11.2 Å². The second-order valence-corrected chi connectivity index (χ2v) is 5.82. The zero-order valence-electron chi connectivity index (χ0n) is 12.5. The Balaban J connectivity index is 1.95. The van der Waals surface area contributed by atoms with Gasteiger partial charge in [0, 0.05) is 24.2 Å². The summed E-state index contributed by atoms with van der Waals surface area (Å²) in [6.07, 6.45) is 1.44. The topological polar surface area (TPSA) is 78.4 Å². The third-order valence-corrected chi connectivity index (χ3v) is 3.62. The fraction of sp³-hybridized carbons (Fsp3) is 0.500. The number of carbonyl (C=O) groups excluding carboxylic acids is 2. The van der Waals surface area contributed by atoms with Crippen molar-refractivity contribution in [3.05, 3.63) is 29.3 Å². The number of aliphatic hydroxyl groups is 1. The molecule has 0 radical (unpaired) electrons. The van der Waals surface area contributed by atoms with Gasteiger partial charge in [0.1, 0.15) is 0 Å². The number of aryl methyl sites for hydroxylation is 1. The van der Waals surface area contributed by atoms with Gasteiger partial charge in [-0.15, -0.1) is 0 Å². The molecule has 2 atom stereocenters. The molecule has 2 unspecified atom stereocenters. The number of hydrogen-bond acceptors (Lipinski definition) is 3. The SMILES string of the molecule is CC(O)CC(C)CNC(=O)c1ccc2c(c1)CCC(=O)N2. The van der Waals surface area contributed by atoms with E-state index in [9.17, 15) is 14.7 Å². The Morgan fingerprint density at radius 2 is 2.14 bits per heavy atom. The Bertz CT molecular complexity index is 540. The van der Waals surface area contributed by atoms with E-state index < -0.39 is 0 Å². The summed E-state index contributed by atoms with van der Waals surface area (Å²) < 4.78 is 0. The average Bonchev–Trinajstić information content (AvgIpc) is 2.43. The Morgan fingerprint density at radius 1 is 1.38 bits per heavy atom. The predicted octanol–water partition coefficient (Wildman–Crippen LogP) is 1.71. The standard InChI is InChI=1S/C16H22N2O3/c1-10(7-11(2)19)9-17-16(21)13-3-5-14-12(8-13)4-6-15(20)18-14/h3,5,8,10-11,19H,4,6-7,9H2,1-2H3,(H,17,21)(H,18,20). The number of hydrogen-bond donors (Lipinski definition) is 3. The first kappa shape index (κ1) is 15.5. The number of nitrogens with one attached hydrogen (secondary N) is 2. The van der Waals surface area contributed by atoms with Crippen LogP contribution in [0.4, 0.5) is 5.69 Å². The van der Waals surface area contributed by atoms with Gasteiger partial charge in [0.2, 0.25) is 5.91 Å². The van der Waals surface area contributed by atoms with Crippen LogP contribution in [0.2, 0.25) is 0 Å². The summed E-state index contributed by atoms with van der Waals surface area (Å²) >= 11 is 0. The molecule has 0 bridgehead atoms. The van der Waals surface area contributed by atoms with Gasteiger partial charge in [0.15, 0.2) is 0 Å². The number of aliphatic hydroxyl groups excluding tert-OH is 1. The summed E-state index contributed by atoms with van der Waals surface area (Å²) in [5.41, 5.74) is 2.40. The van der Waals surface area contributed by atoms with E-state index in [0.717, 1.165) is 11.3 Å². The largest absolute Gasteiger partial charge is 0.393 e. The maximum atomic E-state index is 12.1. The smallest absolute Gasteiger partial charge is 0.251 e. The molecule has 114 valence electrons. The van der Waals surface area contributed by atoms with Crippen LogP contribution >= 0.6 is 0 Å². The van der Waals surface area contributed by atoms with Crippen molar-refractivity contribution in [1.29, 1.82) is 0 Å². The van der Waals surface area contributed by atoms with Crippen molar-refractivity contribution in [3.8, 4) is 0 Å². The second kappa shape index (κ2) is 6.72. The minimum atomic E-state index is -0.357. The lowest BCUT2D eigenvalue weighted by molar-refractivity contribution is -0.116. The predicted molar refractivity (Wildman–Crippen MR) is 81.2 cm³/mol. The fourth-order valence-electron chi connectivity index (χ4n) is 2.56. The van der Waals surface area contributed by atoms with Crippen molar-refractivity contribution in [2.24, 2.45) is 5.92 Å². The van der Waals surface area contributed by atoms with Gasteiger partial charge in [0.25, 0.3) is 5.91 Å². The van der Waals surface area contributed by atoms with Crippen LogP contribution in [0.5, 0.6) is 0 Å². The second-order valence-electron chi connectivity index (χ2n) is 5.82. The summed E-state index contributed by atoms with van der Waals surface area (Å²) in [5, 5.41) is 15.0. The normalized spacial score (nSPS) is 16.6. The first-order valence-electron chi connectivity index (χ1n) is 7.34. The number of carbonyl (C=O) groups is 2. The van der Waals surface area contributed by atoms with E-state index in [1.807, 2.05) is 13.0 Å². The van der Waals surface area contributed by atoms with Crippen molar-refractivity contribution in [1.82, 2.24) is 5.32 Å². The molecule has 0 spiro atoms. The number of benzene rings is 1. The van der Waals surface area contributed by atoms with Gasteiger partial charge in [-0.1, -0.05) is 6.92 Å². The fourth-order valence-corrected chi connectivity index (χ4v) is 2.56. The van der Waals surface area contributed by atoms with Gasteiger partial charge in [-0.05, 0) is 49.4 Å². The van der Waals surface area contributed by atoms with Crippen LogP contribution in [0.1, 0.15) is 42.6 Å². The molecule has 0 saturated heterocycles. The van der Waals surface area contributed by atoms with Crippen molar-refractivity contribution in [2.45, 2.75) is 39.2 Å². The number of amides is 2. The molecule has 1 aliphatic rings. The van der Waals surface area contributed by atoms with Gasteiger partial charge >= 0.3 is 0 Å². The van der Waals surface area contributed by atoms with Crippen LogP contribution in [0, 0.1) is 5.92 Å². The Kier molecular flexibility index (Phi) is 4.96. The van der Waals surface area contributed by atoms with Crippen LogP contribution in [-0.4, -0.2) is 29.6 Å². The van der Waals surface area contributed by atoms with E-state index in [4.69, 9.17) is 0 Å². The first-order valence-corrected chi connectivity index (χ1v) is 7.34. The highest BCUT2D eigenvalue weighted by Crippen LogP contribution is 2.23. The van der Waals surface area contributed by atoms with E-state index in [2.05, 4.69) is 10.6 Å². The van der Waals surface area contributed by atoms with Crippen LogP contribution in [0.15, 0.2) is 18.2 Å². The van der Waals surface area contributed by atoms with Crippen molar-refractivity contribution in [2.75, 3.05) is 11.9 Å². The van der Waals surface area contributed by atoms with Crippen LogP contribution in [0.25, 0.3) is 0 Å². The third kappa shape index (κ3) is 4.29. The lowest BCUT2D eigenvalue weighted by atomic mass is 10.00. The van der Waals surface area contributed by atoms with Crippen molar-refractivity contribution < 1.29 is 14.7 Å². The molecule has 2 amide bonds. The third-order valence-electron chi connectivity index (χ3n) is 3.62. The molecule has 21 heavy (non-hydrogen) atoms. The quantitative estimate of drug-likeness (QED) is 0.772. The van der Waals surface area contributed by atoms with E-state index in [-0.39, 0.29) is 23.8 Å². The Hall–Kier alpha value is -1.88. The molecular formula is C16H22N2O3. The molecule has 5 heteroatoms. The molecular weight excluding hydrogens is 268 g/mol. The Morgan fingerprint density at radius 3 is 2.86 bits per heavy atom. The summed E-state index contributed by atoms with van der Waals surface area (Å²) in [4.78, 5) is 23.4. The minimum Gasteiger partial charge on any atom is -0.393 e. The molecule has 1 aliphatic heterocycles. The van der Waals surface area contributed by atoms with Crippen LogP contribution < -0.4 is 10.6 Å². The highest BCUT2D eigenvalue weighted by molar-refractivity contribution is 5.97. The molecule has 5 nitrogen and oxygen atoms in total. The number of rotatable bonds is 5. The Labute approximate surface area is 124 Å². The summed E-state index contributed by atoms with van der Waals surface area (Å²) in [7, 11) is 0. The molecule has 1 heterocycles. The highest BCUT2D eigenvalue weighted by atomic mass is 16.3. The molecule has 1 aromatic carbocycles. The summed E-state index contributed by atoms with van der Waals surface area (Å²) in [6, 6.07) is 5.34. The maximum absolute atomic E-state index is 12.1. The average molecular weight is 290 g/mol. The number of fused-ring (bicyclic) bond motifs is 1. The molecule has 1 aromatic rings. The highest BCUT2D eigenvalue weighted by Gasteiger charge is 2.17. The van der Waals surface area contributed by atoms with E-state index >= 15 is 0 Å². The zero-order valence-corrected chi connectivity index (χ0v) is 12.5. The van der Waals surface area contributed by atoms with E-state index in [1.54, 1.807) is 19.1 Å². The van der Waals surface area contributed by atoms with E-state index in [1.165, 1.54) is 0 Å². The maximum Gasteiger partial charge on any atom is 0.251 e. The van der Waals surface area contributed by atoms with Gasteiger partial charge in [-0.25, -0.2) is 0 Å². The first-order chi connectivity index (χ1) is 9.95. The van der Waals surface area contributed by atoms with Crippen molar-refractivity contribution in [3.63, 3.8) is 0 Å². The van der Waals surface area contributed by atoms with Gasteiger partial charge in [-0.3, -0.25) is 9.59 Å². The summed E-state index contributed by atoms with van der Waals surface area (Å²) in [5.74, 6) is 0.129. The molecule has 0 aromatic heterocycles. The van der Waals surface area contributed by atoms with E-state index in [0.29, 0.717) is 31.4 Å². The van der Waals surface area contributed by atoms with Gasteiger partial charge in [0.05, 0.1) is 6.10 Å². The lowest BCUT2D eigenvalue weighted by Gasteiger charge is -2.18. The van der Waals surface area contributed by atoms with Gasteiger partial charge < -0.3 is 15.7 Å². The number of anilines is 1. The monoisotopic (exact) mass is 290 g/mol. The molecule has 0 fully saturated rings. The summed E-state index contributed by atoms with van der Waals surface area (Å²) in [6.45, 7) is 4.28. The molecule has 3 N–H and O–H groups in total. The minimum absolute atomic E-state index is 0.0200. The molecule has 2 rings (SSSR count). The zero-order chi connectivity index (χ0) is 15.4. The van der Waals surface area contributed by atoms with Gasteiger partial charge in [-0.2, -0.15) is 0 Å².